The van der Waals surface area contributed by atoms with Crippen LogP contribution in [0.4, 0.5) is 0 Å². The van der Waals surface area contributed by atoms with Crippen LogP contribution in [0, 0.1) is 5.92 Å². The van der Waals surface area contributed by atoms with Crippen LogP contribution in [0.2, 0.25) is 5.02 Å². The molecular weight excluding hydrogens is 428 g/mol. The molecule has 2 aromatic rings. The second-order valence-electron chi connectivity index (χ2n) is 7.00. The highest BCUT2D eigenvalue weighted by Gasteiger charge is 2.34. The van der Waals surface area contributed by atoms with Crippen molar-refractivity contribution in [2.24, 2.45) is 5.92 Å². The van der Waals surface area contributed by atoms with Crippen LogP contribution in [0.15, 0.2) is 47.4 Å². The van der Waals surface area contributed by atoms with E-state index in [9.17, 15) is 13.2 Å². The second kappa shape index (κ2) is 9.68. The first-order valence-corrected chi connectivity index (χ1v) is 11.4. The van der Waals surface area contributed by atoms with E-state index in [1.54, 1.807) is 18.2 Å². The maximum atomic E-state index is 13.1. The van der Waals surface area contributed by atoms with E-state index in [0.29, 0.717) is 30.2 Å². The van der Waals surface area contributed by atoms with Crippen molar-refractivity contribution in [2.45, 2.75) is 24.3 Å². The minimum atomic E-state index is -3.77. The zero-order chi connectivity index (χ0) is 21.7. The van der Waals surface area contributed by atoms with Crippen molar-refractivity contribution in [3.05, 3.63) is 53.1 Å². The van der Waals surface area contributed by atoms with Gasteiger partial charge in [0.25, 0.3) is 0 Å². The van der Waals surface area contributed by atoms with E-state index in [1.165, 1.54) is 24.6 Å². The summed E-state index contributed by atoms with van der Waals surface area (Å²) in [6.07, 6.45) is 0.889. The molecule has 30 heavy (non-hydrogen) atoms. The molecule has 0 bridgehead atoms. The molecule has 1 N–H and O–H groups in total. The molecule has 1 amide bonds. The van der Waals surface area contributed by atoms with Crippen LogP contribution in [0.3, 0.4) is 0 Å². The van der Waals surface area contributed by atoms with Crippen molar-refractivity contribution in [1.29, 1.82) is 0 Å². The summed E-state index contributed by atoms with van der Waals surface area (Å²) in [4.78, 5) is 12.6. The Kier molecular flexibility index (Phi) is 7.23. The summed E-state index contributed by atoms with van der Waals surface area (Å²) in [6.45, 7) is 0.859. The molecule has 1 fully saturated rings. The summed E-state index contributed by atoms with van der Waals surface area (Å²) >= 11 is 6.12. The maximum absolute atomic E-state index is 13.1. The van der Waals surface area contributed by atoms with Crippen molar-refractivity contribution in [3.63, 3.8) is 0 Å². The smallest absolute Gasteiger partial charge is 0.246 e. The van der Waals surface area contributed by atoms with Crippen molar-refractivity contribution < 1.29 is 22.7 Å². The topological polar surface area (TPSA) is 84.9 Å². The molecule has 162 valence electrons. The lowest BCUT2D eigenvalue weighted by molar-refractivity contribution is -0.126. The summed E-state index contributed by atoms with van der Waals surface area (Å²) < 4.78 is 38.0. The van der Waals surface area contributed by atoms with Crippen molar-refractivity contribution in [3.8, 4) is 11.5 Å². The predicted molar refractivity (Wildman–Crippen MR) is 114 cm³/mol. The Bertz CT molecular complexity index is 1000. The van der Waals surface area contributed by atoms with E-state index in [0.717, 1.165) is 5.56 Å². The molecule has 1 heterocycles. The summed E-state index contributed by atoms with van der Waals surface area (Å²) in [5, 5.41) is 3.50. The quantitative estimate of drug-likeness (QED) is 0.697. The molecule has 9 heteroatoms. The first-order chi connectivity index (χ1) is 14.4. The average molecular weight is 453 g/mol. The molecule has 1 aliphatic rings. The number of methoxy groups -OCH3 is 2. The lowest BCUT2D eigenvalue weighted by atomic mass is 9.97. The van der Waals surface area contributed by atoms with Gasteiger partial charge >= 0.3 is 0 Å². The third-order valence-corrected chi connectivity index (χ3v) is 7.51. The van der Waals surface area contributed by atoms with Gasteiger partial charge in [0, 0.05) is 36.6 Å². The number of hydrogen-bond donors (Lipinski definition) is 1. The second-order valence-corrected chi connectivity index (χ2v) is 9.32. The summed E-state index contributed by atoms with van der Waals surface area (Å²) in [5.41, 5.74) is 0.845. The number of nitrogens with one attached hydrogen (secondary N) is 1. The van der Waals surface area contributed by atoms with Crippen molar-refractivity contribution in [2.75, 3.05) is 27.3 Å². The van der Waals surface area contributed by atoms with E-state index in [2.05, 4.69) is 5.32 Å². The average Bonchev–Trinajstić information content (AvgIpc) is 2.78. The van der Waals surface area contributed by atoms with Crippen LogP contribution < -0.4 is 14.8 Å². The molecule has 0 aliphatic carbocycles. The number of ether oxygens (including phenoxy) is 2. The van der Waals surface area contributed by atoms with Gasteiger partial charge in [-0.1, -0.05) is 29.8 Å². The predicted octanol–water partition coefficient (Wildman–Crippen LogP) is 3.07. The third-order valence-electron chi connectivity index (χ3n) is 5.22. The molecule has 1 saturated heterocycles. The van der Waals surface area contributed by atoms with Crippen molar-refractivity contribution in [1.82, 2.24) is 9.62 Å². The molecule has 1 aliphatic heterocycles. The van der Waals surface area contributed by atoms with Gasteiger partial charge in [-0.25, -0.2) is 8.42 Å². The van der Waals surface area contributed by atoms with Gasteiger partial charge in [0.05, 0.1) is 14.2 Å². The number of hydrogen-bond acceptors (Lipinski definition) is 5. The number of carbonyl (C=O) groups is 1. The minimum absolute atomic E-state index is 0.0611. The number of nitrogens with zero attached hydrogens (tertiary/aromatic N) is 1. The largest absolute Gasteiger partial charge is 0.497 e. The molecule has 0 atom stereocenters. The number of amides is 1. The van der Waals surface area contributed by atoms with Gasteiger partial charge in [0.2, 0.25) is 15.9 Å². The van der Waals surface area contributed by atoms with Gasteiger partial charge in [-0.3, -0.25) is 4.79 Å². The molecule has 0 unspecified atom stereocenters. The molecule has 0 spiro atoms. The van der Waals surface area contributed by atoms with Crippen LogP contribution in [-0.4, -0.2) is 45.9 Å². The molecule has 0 radical (unpaired) electrons. The van der Waals surface area contributed by atoms with E-state index < -0.39 is 10.0 Å². The van der Waals surface area contributed by atoms with E-state index in [4.69, 9.17) is 21.1 Å². The van der Waals surface area contributed by atoms with Gasteiger partial charge in [0.1, 0.15) is 16.4 Å². The fourth-order valence-corrected chi connectivity index (χ4v) is 5.29. The van der Waals surface area contributed by atoms with Crippen LogP contribution in [0.5, 0.6) is 11.5 Å². The fourth-order valence-electron chi connectivity index (χ4n) is 3.45. The van der Waals surface area contributed by atoms with Crippen LogP contribution in [0.25, 0.3) is 0 Å². The zero-order valence-corrected chi connectivity index (χ0v) is 18.5. The minimum Gasteiger partial charge on any atom is -0.497 e. The van der Waals surface area contributed by atoms with Crippen LogP contribution in [0.1, 0.15) is 18.4 Å². The lowest BCUT2D eigenvalue weighted by Gasteiger charge is -2.31. The van der Waals surface area contributed by atoms with Crippen LogP contribution in [-0.2, 0) is 21.4 Å². The number of carbonyl (C=O) groups excluding carboxylic acids is 1. The van der Waals surface area contributed by atoms with E-state index in [1.807, 2.05) is 18.2 Å². The Morgan fingerprint density at radius 1 is 1.13 bits per heavy atom. The standard InChI is InChI=1S/C21H25ClN2O5S/c1-28-17-7-8-19(29-2)20(13-17)30(26,27)24-11-9-15(10-12-24)21(25)23-14-16-5-3-4-6-18(16)22/h3-8,13,15H,9-12,14H2,1-2H3,(H,23,25). The monoisotopic (exact) mass is 452 g/mol. The molecular formula is C21H25ClN2O5S. The molecule has 3 rings (SSSR count). The normalized spacial score (nSPS) is 15.6. The van der Waals surface area contributed by atoms with Gasteiger partial charge < -0.3 is 14.8 Å². The van der Waals surface area contributed by atoms with Gasteiger partial charge in [-0.15, -0.1) is 0 Å². The fraction of sp³-hybridized carbons (Fsp3) is 0.381. The highest BCUT2D eigenvalue weighted by molar-refractivity contribution is 7.89. The first-order valence-electron chi connectivity index (χ1n) is 9.60. The molecule has 0 saturated carbocycles. The third kappa shape index (κ3) is 4.88. The summed E-state index contributed by atoms with van der Waals surface area (Å²) in [5.74, 6) is 0.357. The lowest BCUT2D eigenvalue weighted by Crippen LogP contribution is -2.42. The molecule has 2 aromatic carbocycles. The first kappa shape index (κ1) is 22.4. The van der Waals surface area contributed by atoms with E-state index in [-0.39, 0.29) is 35.6 Å². The SMILES string of the molecule is COc1ccc(OC)c(S(=O)(=O)N2CCC(C(=O)NCc3ccccc3Cl)CC2)c1. The number of benzene rings is 2. The van der Waals surface area contributed by atoms with Gasteiger partial charge in [0.15, 0.2) is 0 Å². The Morgan fingerprint density at radius 2 is 1.83 bits per heavy atom. The number of halogens is 1. The molecule has 0 aromatic heterocycles. The highest BCUT2D eigenvalue weighted by atomic mass is 35.5. The zero-order valence-electron chi connectivity index (χ0n) is 16.9. The number of piperidine rings is 1. The number of sulfonamides is 1. The Hall–Kier alpha value is -2.29. The van der Waals surface area contributed by atoms with Crippen LogP contribution >= 0.6 is 11.6 Å². The Labute approximate surface area is 182 Å². The number of rotatable bonds is 7. The Balaban J connectivity index is 1.63. The van der Waals surface area contributed by atoms with Gasteiger partial charge in [-0.2, -0.15) is 4.31 Å². The Morgan fingerprint density at radius 3 is 2.47 bits per heavy atom. The van der Waals surface area contributed by atoms with Gasteiger partial charge in [-0.05, 0) is 36.6 Å². The maximum Gasteiger partial charge on any atom is 0.246 e. The highest BCUT2D eigenvalue weighted by Crippen LogP contribution is 2.32. The van der Waals surface area contributed by atoms with E-state index >= 15 is 0 Å². The summed E-state index contributed by atoms with van der Waals surface area (Å²) in [7, 11) is -0.864. The molecule has 7 nitrogen and oxygen atoms in total. The summed E-state index contributed by atoms with van der Waals surface area (Å²) in [6, 6.07) is 12.0. The van der Waals surface area contributed by atoms with Crippen molar-refractivity contribution >= 4 is 27.5 Å².